The van der Waals surface area contributed by atoms with Crippen molar-refractivity contribution >= 4 is 23.4 Å². The van der Waals surface area contributed by atoms with Crippen LogP contribution in [0.15, 0.2) is 24.3 Å². The van der Waals surface area contributed by atoms with E-state index >= 15 is 0 Å². The van der Waals surface area contributed by atoms with Crippen LogP contribution in [0.4, 0.5) is 10.1 Å². The average Bonchev–Trinajstić information content (AvgIpc) is 2.33. The lowest BCUT2D eigenvalue weighted by atomic mass is 9.95. The zero-order chi connectivity index (χ0) is 12.3. The van der Waals surface area contributed by atoms with Crippen molar-refractivity contribution in [3.8, 4) is 0 Å². The molecule has 1 amide bonds. The molecular formula is C12H14FNO2S. The molecule has 0 spiro atoms. The van der Waals surface area contributed by atoms with E-state index in [2.05, 4.69) is 5.32 Å². The predicted molar refractivity (Wildman–Crippen MR) is 66.5 cm³/mol. The van der Waals surface area contributed by atoms with Crippen LogP contribution < -0.4 is 5.32 Å². The highest BCUT2D eigenvalue weighted by Gasteiger charge is 2.37. The summed E-state index contributed by atoms with van der Waals surface area (Å²) in [4.78, 5) is 11.9. The van der Waals surface area contributed by atoms with E-state index in [1.807, 2.05) is 0 Å². The second-order valence-electron chi connectivity index (χ2n) is 4.10. The maximum Gasteiger partial charge on any atom is 0.256 e. The van der Waals surface area contributed by atoms with Crippen LogP contribution in [0.25, 0.3) is 0 Å². The van der Waals surface area contributed by atoms with Crippen LogP contribution in [-0.2, 0) is 4.79 Å². The highest BCUT2D eigenvalue weighted by molar-refractivity contribution is 7.99. The van der Waals surface area contributed by atoms with Crippen molar-refractivity contribution in [1.82, 2.24) is 0 Å². The Bertz CT molecular complexity index is 401. The molecule has 0 radical (unpaired) electrons. The Hall–Kier alpha value is -1.07. The maximum atomic E-state index is 12.7. The van der Waals surface area contributed by atoms with E-state index in [1.54, 1.807) is 11.8 Å². The van der Waals surface area contributed by atoms with Gasteiger partial charge in [-0.05, 0) is 48.6 Å². The van der Waals surface area contributed by atoms with Crippen molar-refractivity contribution in [2.45, 2.75) is 18.4 Å². The van der Waals surface area contributed by atoms with E-state index < -0.39 is 11.5 Å². The normalized spacial score (nSPS) is 18.7. The van der Waals surface area contributed by atoms with Crippen molar-refractivity contribution in [2.75, 3.05) is 16.8 Å². The zero-order valence-electron chi connectivity index (χ0n) is 9.28. The maximum absolute atomic E-state index is 12.7. The summed E-state index contributed by atoms with van der Waals surface area (Å²) >= 11 is 1.73. The monoisotopic (exact) mass is 255 g/mol. The van der Waals surface area contributed by atoms with Gasteiger partial charge in [0, 0.05) is 5.69 Å². The molecule has 5 heteroatoms. The second-order valence-corrected chi connectivity index (χ2v) is 5.33. The number of carbonyl (C=O) groups excluding carboxylic acids is 1. The van der Waals surface area contributed by atoms with Crippen molar-refractivity contribution < 1.29 is 14.3 Å². The number of benzene rings is 1. The van der Waals surface area contributed by atoms with Crippen molar-refractivity contribution in [3.05, 3.63) is 30.1 Å². The summed E-state index contributed by atoms with van der Waals surface area (Å²) in [5.41, 5.74) is -0.775. The van der Waals surface area contributed by atoms with E-state index in [4.69, 9.17) is 0 Å². The molecule has 2 rings (SSSR count). The number of anilines is 1. The summed E-state index contributed by atoms with van der Waals surface area (Å²) in [5, 5.41) is 12.8. The van der Waals surface area contributed by atoms with E-state index in [0.29, 0.717) is 18.5 Å². The van der Waals surface area contributed by atoms with Gasteiger partial charge >= 0.3 is 0 Å². The first-order valence-corrected chi connectivity index (χ1v) is 6.63. The smallest absolute Gasteiger partial charge is 0.256 e. The summed E-state index contributed by atoms with van der Waals surface area (Å²) in [7, 11) is 0. The quantitative estimate of drug-likeness (QED) is 0.850. The van der Waals surface area contributed by atoms with Crippen LogP contribution in [0.2, 0.25) is 0 Å². The molecule has 1 heterocycles. The van der Waals surface area contributed by atoms with Gasteiger partial charge in [-0.1, -0.05) is 0 Å². The first kappa shape index (κ1) is 12.4. The van der Waals surface area contributed by atoms with Crippen LogP contribution in [-0.4, -0.2) is 28.1 Å². The molecule has 0 saturated carbocycles. The van der Waals surface area contributed by atoms with Crippen molar-refractivity contribution in [1.29, 1.82) is 0 Å². The number of hydrogen-bond acceptors (Lipinski definition) is 3. The highest BCUT2D eigenvalue weighted by atomic mass is 32.2. The van der Waals surface area contributed by atoms with E-state index in [9.17, 15) is 14.3 Å². The zero-order valence-corrected chi connectivity index (χ0v) is 10.1. The third-order valence-electron chi connectivity index (χ3n) is 2.84. The average molecular weight is 255 g/mol. The SMILES string of the molecule is O=C(Nc1ccc(F)cc1)C1(O)CCSCC1. The molecule has 2 N–H and O–H groups in total. The van der Waals surface area contributed by atoms with Crippen LogP contribution >= 0.6 is 11.8 Å². The molecule has 0 aromatic heterocycles. The van der Waals surface area contributed by atoms with Crippen molar-refractivity contribution in [2.24, 2.45) is 0 Å². The lowest BCUT2D eigenvalue weighted by Crippen LogP contribution is -2.45. The largest absolute Gasteiger partial charge is 0.380 e. The van der Waals surface area contributed by atoms with Gasteiger partial charge < -0.3 is 10.4 Å². The van der Waals surface area contributed by atoms with Gasteiger partial charge in [0.2, 0.25) is 0 Å². The third-order valence-corrected chi connectivity index (χ3v) is 3.83. The van der Waals surface area contributed by atoms with Crippen LogP contribution in [0.1, 0.15) is 12.8 Å². The Balaban J connectivity index is 2.03. The summed E-state index contributed by atoms with van der Waals surface area (Å²) in [6.45, 7) is 0. The summed E-state index contributed by atoms with van der Waals surface area (Å²) in [5.74, 6) is 0.820. The Morgan fingerprint density at radius 3 is 2.47 bits per heavy atom. The van der Waals surface area contributed by atoms with Gasteiger partial charge in [0.1, 0.15) is 11.4 Å². The Labute approximate surface area is 103 Å². The molecule has 0 aliphatic carbocycles. The number of carbonyl (C=O) groups is 1. The second kappa shape index (κ2) is 5.06. The van der Waals surface area contributed by atoms with E-state index in [1.165, 1.54) is 24.3 Å². The molecule has 1 aliphatic rings. The summed E-state index contributed by atoms with van der Waals surface area (Å²) < 4.78 is 12.7. The standard InChI is InChI=1S/C12H14FNO2S/c13-9-1-3-10(4-2-9)14-11(15)12(16)5-7-17-8-6-12/h1-4,16H,5-8H2,(H,14,15). The molecule has 1 saturated heterocycles. The number of nitrogens with one attached hydrogen (secondary N) is 1. The van der Waals surface area contributed by atoms with E-state index in [-0.39, 0.29) is 5.82 Å². The number of aliphatic hydroxyl groups is 1. The number of thioether (sulfide) groups is 1. The van der Waals surface area contributed by atoms with Crippen molar-refractivity contribution in [3.63, 3.8) is 0 Å². The summed E-state index contributed by atoms with van der Waals surface area (Å²) in [6.07, 6.45) is 0.926. The van der Waals surface area contributed by atoms with E-state index in [0.717, 1.165) is 11.5 Å². The molecule has 0 atom stereocenters. The van der Waals surface area contributed by atoms with Gasteiger partial charge in [0.25, 0.3) is 5.91 Å². The fourth-order valence-electron chi connectivity index (χ4n) is 1.72. The van der Waals surface area contributed by atoms with Gasteiger partial charge in [-0.3, -0.25) is 4.79 Å². The fraction of sp³-hybridized carbons (Fsp3) is 0.417. The van der Waals surface area contributed by atoms with Gasteiger partial charge in [-0.25, -0.2) is 4.39 Å². The highest BCUT2D eigenvalue weighted by Crippen LogP contribution is 2.28. The minimum absolute atomic E-state index is 0.351. The van der Waals surface area contributed by atoms with Gasteiger partial charge in [-0.15, -0.1) is 0 Å². The fourth-order valence-corrected chi connectivity index (χ4v) is 2.88. The molecule has 1 aliphatic heterocycles. The summed E-state index contributed by atoms with van der Waals surface area (Å²) in [6, 6.07) is 5.51. The number of rotatable bonds is 2. The first-order chi connectivity index (χ1) is 8.10. The molecule has 0 unspecified atom stereocenters. The van der Waals surface area contributed by atoms with Gasteiger partial charge in [0.15, 0.2) is 0 Å². The molecule has 1 aromatic carbocycles. The minimum Gasteiger partial charge on any atom is -0.380 e. The Morgan fingerprint density at radius 1 is 1.29 bits per heavy atom. The topological polar surface area (TPSA) is 49.3 Å². The predicted octanol–water partition coefficient (Wildman–Crippen LogP) is 2.02. The molecule has 1 fully saturated rings. The molecule has 92 valence electrons. The van der Waals surface area contributed by atoms with Crippen LogP contribution in [0.3, 0.4) is 0 Å². The molecule has 1 aromatic rings. The number of halogens is 1. The molecule has 0 bridgehead atoms. The van der Waals surface area contributed by atoms with Crippen LogP contribution in [0, 0.1) is 5.82 Å². The Morgan fingerprint density at radius 2 is 1.88 bits per heavy atom. The first-order valence-electron chi connectivity index (χ1n) is 5.47. The van der Waals surface area contributed by atoms with Gasteiger partial charge in [-0.2, -0.15) is 11.8 Å². The third kappa shape index (κ3) is 2.98. The number of hydrogen-bond donors (Lipinski definition) is 2. The van der Waals surface area contributed by atoms with Gasteiger partial charge in [0.05, 0.1) is 0 Å². The van der Waals surface area contributed by atoms with Crippen LogP contribution in [0.5, 0.6) is 0 Å². The lowest BCUT2D eigenvalue weighted by molar-refractivity contribution is -0.134. The molecule has 3 nitrogen and oxygen atoms in total. The molecule has 17 heavy (non-hydrogen) atoms. The number of amides is 1. The Kier molecular flexibility index (Phi) is 3.69. The molecular weight excluding hydrogens is 241 g/mol. The lowest BCUT2D eigenvalue weighted by Gasteiger charge is -2.30. The minimum atomic E-state index is -1.28.